The fraction of sp³-hybridized carbons (Fsp3) is 0.250. The lowest BCUT2D eigenvalue weighted by molar-refractivity contribution is -0.115. The van der Waals surface area contributed by atoms with E-state index in [0.717, 1.165) is 65.7 Å². The zero-order valence-corrected chi connectivity index (χ0v) is 23.1. The van der Waals surface area contributed by atoms with Gasteiger partial charge in [-0.15, -0.1) is 0 Å². The van der Waals surface area contributed by atoms with Crippen LogP contribution < -0.4 is 15.5 Å². The number of fused-ring (bicyclic) bond motifs is 1. The van der Waals surface area contributed by atoms with E-state index in [0.29, 0.717) is 17.8 Å². The van der Waals surface area contributed by atoms with E-state index in [2.05, 4.69) is 43.8 Å². The van der Waals surface area contributed by atoms with Gasteiger partial charge in [0.2, 0.25) is 5.91 Å². The maximum atomic E-state index is 12.8. The molecule has 208 valence electrons. The molecule has 6 rings (SSSR count). The Labute approximate surface area is 238 Å². The summed E-state index contributed by atoms with van der Waals surface area (Å²) in [5.41, 5.74) is 7.81. The molecule has 1 atom stereocenters. The highest BCUT2D eigenvalue weighted by atomic mass is 16.5. The second-order valence-electron chi connectivity index (χ2n) is 10.4. The van der Waals surface area contributed by atoms with Crippen LogP contribution in [0.2, 0.25) is 0 Å². The number of carbonyl (C=O) groups excluding carboxylic acids is 2. The second-order valence-corrected chi connectivity index (χ2v) is 10.4. The number of amides is 2. The summed E-state index contributed by atoms with van der Waals surface area (Å²) in [5, 5.41) is 10.2. The number of rotatable bonds is 7. The van der Waals surface area contributed by atoms with Crippen LogP contribution >= 0.6 is 0 Å². The zero-order chi connectivity index (χ0) is 28.3. The summed E-state index contributed by atoms with van der Waals surface area (Å²) in [4.78, 5) is 32.5. The van der Waals surface area contributed by atoms with E-state index >= 15 is 0 Å². The zero-order valence-electron chi connectivity index (χ0n) is 23.1. The van der Waals surface area contributed by atoms with Gasteiger partial charge in [0.15, 0.2) is 0 Å². The van der Waals surface area contributed by atoms with Crippen molar-refractivity contribution in [3.8, 4) is 0 Å². The molecular weight excluding hydrogens is 516 g/mol. The van der Waals surface area contributed by atoms with Gasteiger partial charge in [-0.2, -0.15) is 5.10 Å². The van der Waals surface area contributed by atoms with Crippen LogP contribution in [0, 0.1) is 6.92 Å². The lowest BCUT2D eigenvalue weighted by Gasteiger charge is -2.28. The number of aryl methyl sites for hydroxylation is 2. The first-order valence-electron chi connectivity index (χ1n) is 13.7. The highest BCUT2D eigenvalue weighted by molar-refractivity contribution is 6.12. The van der Waals surface area contributed by atoms with Gasteiger partial charge < -0.3 is 20.3 Å². The number of nitrogens with zero attached hydrogens (tertiary/aromatic N) is 4. The molecule has 0 saturated carbocycles. The lowest BCUT2D eigenvalue weighted by Crippen LogP contribution is -2.36. The van der Waals surface area contributed by atoms with Crippen molar-refractivity contribution in [1.29, 1.82) is 0 Å². The van der Waals surface area contributed by atoms with E-state index in [4.69, 9.17) is 4.74 Å². The summed E-state index contributed by atoms with van der Waals surface area (Å²) < 4.78 is 7.02. The molecule has 1 fully saturated rings. The molecule has 2 aliphatic heterocycles. The van der Waals surface area contributed by atoms with Crippen molar-refractivity contribution < 1.29 is 14.3 Å². The Morgan fingerprint density at radius 2 is 1.85 bits per heavy atom. The molecule has 0 radical (unpaired) electrons. The maximum absolute atomic E-state index is 12.8. The van der Waals surface area contributed by atoms with Gasteiger partial charge in [-0.3, -0.25) is 19.3 Å². The van der Waals surface area contributed by atoms with Crippen LogP contribution in [0.3, 0.4) is 0 Å². The van der Waals surface area contributed by atoms with Gasteiger partial charge >= 0.3 is 0 Å². The number of carbonyl (C=O) groups is 2. The molecule has 1 unspecified atom stereocenters. The van der Waals surface area contributed by atoms with Gasteiger partial charge in [-0.25, -0.2) is 0 Å². The standard InChI is InChI=1S/C32H32N6O3/c1-21-16-30(37(2)36-21)32(40)34-25-5-3-4-22(18-25)17-23-6-11-29-27(19-23)28(31(39)35-29)20-33-24-7-9-26(10-8-24)38-12-14-41-15-13-38/h3-11,16,18-20,28H,12-15,17H2,1-2H3,(H,34,40)(H,35,39). The number of ether oxygens (including phenoxy) is 1. The Kier molecular flexibility index (Phi) is 7.35. The summed E-state index contributed by atoms with van der Waals surface area (Å²) in [6, 6.07) is 23.7. The first-order chi connectivity index (χ1) is 19.9. The highest BCUT2D eigenvalue weighted by Gasteiger charge is 2.29. The normalized spacial score (nSPS) is 16.6. The Balaban J connectivity index is 1.15. The summed E-state index contributed by atoms with van der Waals surface area (Å²) >= 11 is 0. The second kappa shape index (κ2) is 11.4. The Bertz CT molecular complexity index is 1620. The summed E-state index contributed by atoms with van der Waals surface area (Å²) in [6.07, 6.45) is 2.38. The van der Waals surface area contributed by atoms with Crippen molar-refractivity contribution in [2.45, 2.75) is 19.3 Å². The van der Waals surface area contributed by atoms with Crippen molar-refractivity contribution >= 4 is 40.8 Å². The van der Waals surface area contributed by atoms with Crippen LogP contribution in [0.4, 0.5) is 22.7 Å². The first-order valence-corrected chi connectivity index (χ1v) is 13.7. The largest absolute Gasteiger partial charge is 0.378 e. The quantitative estimate of drug-likeness (QED) is 0.322. The molecule has 0 spiro atoms. The third-order valence-corrected chi connectivity index (χ3v) is 7.42. The van der Waals surface area contributed by atoms with Gasteiger partial charge in [-0.1, -0.05) is 24.3 Å². The molecule has 2 amide bonds. The maximum Gasteiger partial charge on any atom is 0.273 e. The molecule has 4 aromatic rings. The van der Waals surface area contributed by atoms with Crippen molar-refractivity contribution in [3.05, 3.63) is 101 Å². The molecule has 9 heteroatoms. The van der Waals surface area contributed by atoms with E-state index in [1.54, 1.807) is 24.0 Å². The molecule has 3 heterocycles. The minimum absolute atomic E-state index is 0.0825. The van der Waals surface area contributed by atoms with Crippen LogP contribution in [0.25, 0.3) is 0 Å². The van der Waals surface area contributed by atoms with Crippen LogP contribution in [-0.2, 0) is 23.0 Å². The van der Waals surface area contributed by atoms with Crippen LogP contribution in [-0.4, -0.2) is 54.1 Å². The summed E-state index contributed by atoms with van der Waals surface area (Å²) in [7, 11) is 1.76. The third kappa shape index (κ3) is 5.90. The molecule has 2 aliphatic rings. The van der Waals surface area contributed by atoms with Crippen molar-refractivity contribution in [2.24, 2.45) is 12.0 Å². The number of benzene rings is 3. The van der Waals surface area contributed by atoms with Crippen LogP contribution in [0.1, 0.15) is 38.8 Å². The van der Waals surface area contributed by atoms with Crippen LogP contribution in [0.5, 0.6) is 0 Å². The molecule has 3 aromatic carbocycles. The fourth-order valence-electron chi connectivity index (χ4n) is 5.34. The van der Waals surface area contributed by atoms with Crippen molar-refractivity contribution in [2.75, 3.05) is 41.8 Å². The minimum Gasteiger partial charge on any atom is -0.378 e. The molecule has 1 aromatic heterocycles. The third-order valence-electron chi connectivity index (χ3n) is 7.42. The number of anilines is 3. The predicted molar refractivity (Wildman–Crippen MR) is 161 cm³/mol. The lowest BCUT2D eigenvalue weighted by atomic mass is 9.96. The monoisotopic (exact) mass is 548 g/mol. The van der Waals surface area contributed by atoms with E-state index < -0.39 is 5.92 Å². The number of aromatic nitrogens is 2. The Morgan fingerprint density at radius 1 is 1.07 bits per heavy atom. The predicted octanol–water partition coefficient (Wildman–Crippen LogP) is 4.85. The minimum atomic E-state index is -0.461. The van der Waals surface area contributed by atoms with E-state index in [1.807, 2.05) is 55.5 Å². The fourth-order valence-corrected chi connectivity index (χ4v) is 5.34. The first kappa shape index (κ1) is 26.5. The van der Waals surface area contributed by atoms with Crippen molar-refractivity contribution in [3.63, 3.8) is 0 Å². The highest BCUT2D eigenvalue weighted by Crippen LogP contribution is 2.33. The molecule has 0 bridgehead atoms. The summed E-state index contributed by atoms with van der Waals surface area (Å²) in [5.74, 6) is -0.747. The molecule has 41 heavy (non-hydrogen) atoms. The van der Waals surface area contributed by atoms with Gasteiger partial charge in [0.1, 0.15) is 11.6 Å². The SMILES string of the molecule is Cc1cc(C(=O)Nc2cccc(Cc3ccc4c(c3)C(C=Nc3ccc(N5CCOCC5)cc3)C(=O)N4)c2)n(C)n1. The molecule has 1 saturated heterocycles. The van der Waals surface area contributed by atoms with E-state index in [-0.39, 0.29) is 11.8 Å². The van der Waals surface area contributed by atoms with Crippen LogP contribution in [0.15, 0.2) is 77.8 Å². The molecule has 0 aliphatic carbocycles. The number of nitrogens with one attached hydrogen (secondary N) is 2. The smallest absolute Gasteiger partial charge is 0.273 e. The summed E-state index contributed by atoms with van der Waals surface area (Å²) in [6.45, 7) is 5.11. The Hall–Kier alpha value is -4.76. The number of hydrogen-bond donors (Lipinski definition) is 2. The molecule has 2 N–H and O–H groups in total. The molecular formula is C32H32N6O3. The number of aliphatic imine (C=N–C) groups is 1. The van der Waals surface area contributed by atoms with Gasteiger partial charge in [0, 0.05) is 43.4 Å². The molecule has 9 nitrogen and oxygen atoms in total. The van der Waals surface area contributed by atoms with Gasteiger partial charge in [0.05, 0.1) is 24.6 Å². The van der Waals surface area contributed by atoms with Gasteiger partial charge in [-0.05, 0) is 78.6 Å². The van der Waals surface area contributed by atoms with E-state index in [1.165, 1.54) is 0 Å². The Morgan fingerprint density at radius 3 is 2.61 bits per heavy atom. The van der Waals surface area contributed by atoms with Crippen molar-refractivity contribution in [1.82, 2.24) is 9.78 Å². The topological polar surface area (TPSA) is 101 Å². The van der Waals surface area contributed by atoms with Gasteiger partial charge in [0.25, 0.3) is 5.91 Å². The number of hydrogen-bond acceptors (Lipinski definition) is 6. The average Bonchev–Trinajstić information content (AvgIpc) is 3.49. The average molecular weight is 549 g/mol. The van der Waals surface area contributed by atoms with E-state index in [9.17, 15) is 9.59 Å². The number of morpholine rings is 1.